The van der Waals surface area contributed by atoms with E-state index in [9.17, 15) is 18.8 Å². The van der Waals surface area contributed by atoms with Gasteiger partial charge in [-0.15, -0.1) is 11.8 Å². The highest BCUT2D eigenvalue weighted by molar-refractivity contribution is 7.99. The van der Waals surface area contributed by atoms with Crippen LogP contribution in [0.2, 0.25) is 0 Å². The van der Waals surface area contributed by atoms with Gasteiger partial charge in [0.1, 0.15) is 5.82 Å². The van der Waals surface area contributed by atoms with Crippen molar-refractivity contribution in [3.63, 3.8) is 0 Å². The number of thioether (sulfide) groups is 1. The Morgan fingerprint density at radius 2 is 1.58 bits per heavy atom. The maximum Gasteiger partial charge on any atom is 0.261 e. The van der Waals surface area contributed by atoms with Crippen LogP contribution in [0.1, 0.15) is 37.5 Å². The first-order valence-corrected chi connectivity index (χ1v) is 10.8. The van der Waals surface area contributed by atoms with Gasteiger partial charge in [-0.2, -0.15) is 0 Å². The molecule has 0 aromatic heterocycles. The molecular weight excluding hydrogens is 415 g/mol. The van der Waals surface area contributed by atoms with Crippen LogP contribution >= 0.6 is 11.8 Å². The largest absolute Gasteiger partial charge is 0.322 e. The molecule has 0 radical (unpaired) electrons. The average Bonchev–Trinajstić information content (AvgIpc) is 3.02. The van der Waals surface area contributed by atoms with Gasteiger partial charge < -0.3 is 5.32 Å². The van der Waals surface area contributed by atoms with E-state index in [1.54, 1.807) is 42.1 Å². The lowest BCUT2D eigenvalue weighted by molar-refractivity contribution is 0.0654. The summed E-state index contributed by atoms with van der Waals surface area (Å²) >= 11 is 1.58. The quantitative estimate of drug-likeness (QED) is 0.328. The number of carbonyl (C=O) groups is 3. The number of halogens is 1. The number of benzene rings is 3. The Morgan fingerprint density at radius 3 is 2.26 bits per heavy atom. The molecule has 0 saturated heterocycles. The smallest absolute Gasteiger partial charge is 0.261 e. The molecule has 3 aromatic carbocycles. The van der Waals surface area contributed by atoms with Gasteiger partial charge >= 0.3 is 0 Å². The van der Waals surface area contributed by atoms with Crippen molar-refractivity contribution < 1.29 is 18.8 Å². The van der Waals surface area contributed by atoms with E-state index in [-0.39, 0.29) is 17.7 Å². The van der Waals surface area contributed by atoms with E-state index in [1.165, 1.54) is 29.2 Å². The van der Waals surface area contributed by atoms with Crippen molar-refractivity contribution in [1.29, 1.82) is 0 Å². The number of nitrogens with one attached hydrogen (secondary N) is 1. The number of fused-ring (bicyclic) bond motifs is 1. The maximum atomic E-state index is 13.0. The third-order valence-corrected chi connectivity index (χ3v) is 5.95. The summed E-state index contributed by atoms with van der Waals surface area (Å²) in [6.07, 6.45) is 0.655. The second-order valence-corrected chi connectivity index (χ2v) is 8.17. The summed E-state index contributed by atoms with van der Waals surface area (Å²) in [5, 5.41) is 2.80. The number of carbonyl (C=O) groups excluding carboxylic acids is 3. The minimum atomic E-state index is -0.392. The van der Waals surface area contributed by atoms with Gasteiger partial charge in [-0.3, -0.25) is 19.3 Å². The lowest BCUT2D eigenvalue weighted by Gasteiger charge is -2.13. The third-order valence-electron chi connectivity index (χ3n) is 4.87. The lowest BCUT2D eigenvalue weighted by atomic mass is 10.1. The van der Waals surface area contributed by atoms with E-state index in [0.717, 1.165) is 4.90 Å². The molecule has 5 nitrogen and oxygen atoms in total. The molecule has 31 heavy (non-hydrogen) atoms. The van der Waals surface area contributed by atoms with E-state index in [4.69, 9.17) is 0 Å². The van der Waals surface area contributed by atoms with E-state index in [0.29, 0.717) is 41.1 Å². The molecule has 1 N–H and O–H groups in total. The molecule has 7 heteroatoms. The van der Waals surface area contributed by atoms with Crippen molar-refractivity contribution in [3.8, 4) is 0 Å². The zero-order valence-corrected chi connectivity index (χ0v) is 17.3. The van der Waals surface area contributed by atoms with Crippen molar-refractivity contribution in [2.45, 2.75) is 11.3 Å². The van der Waals surface area contributed by atoms with Crippen LogP contribution in [0, 0.1) is 5.82 Å². The second-order valence-electron chi connectivity index (χ2n) is 7.00. The number of hydrogen-bond acceptors (Lipinski definition) is 4. The fraction of sp³-hybridized carbons (Fsp3) is 0.125. The molecule has 0 spiro atoms. The van der Waals surface area contributed by atoms with Gasteiger partial charge in [0.15, 0.2) is 0 Å². The van der Waals surface area contributed by atoms with Crippen LogP contribution in [0.4, 0.5) is 10.1 Å². The van der Waals surface area contributed by atoms with Crippen LogP contribution < -0.4 is 5.32 Å². The van der Waals surface area contributed by atoms with Gasteiger partial charge in [-0.1, -0.05) is 18.2 Å². The Morgan fingerprint density at radius 1 is 0.903 bits per heavy atom. The number of amides is 3. The van der Waals surface area contributed by atoms with Crippen molar-refractivity contribution in [2.24, 2.45) is 0 Å². The summed E-state index contributed by atoms with van der Waals surface area (Å²) < 4.78 is 13.0. The normalized spacial score (nSPS) is 12.7. The fourth-order valence-corrected chi connectivity index (χ4v) is 4.22. The van der Waals surface area contributed by atoms with Crippen molar-refractivity contribution in [1.82, 2.24) is 4.90 Å². The summed E-state index contributed by atoms with van der Waals surface area (Å²) in [5.74, 6) is -0.473. The Labute approximate surface area is 183 Å². The monoisotopic (exact) mass is 434 g/mol. The predicted octanol–water partition coefficient (Wildman–Crippen LogP) is 4.86. The van der Waals surface area contributed by atoms with Crippen molar-refractivity contribution >= 4 is 35.2 Å². The number of rotatable bonds is 7. The molecule has 0 atom stereocenters. The average molecular weight is 434 g/mol. The van der Waals surface area contributed by atoms with Crippen LogP contribution in [0.25, 0.3) is 0 Å². The Hall–Kier alpha value is -3.45. The summed E-state index contributed by atoms with van der Waals surface area (Å²) in [5.41, 5.74) is 1.94. The molecule has 156 valence electrons. The Kier molecular flexibility index (Phi) is 6.13. The summed E-state index contributed by atoms with van der Waals surface area (Å²) in [4.78, 5) is 39.3. The molecular formula is C24H19FN2O3S. The predicted molar refractivity (Wildman–Crippen MR) is 118 cm³/mol. The van der Waals surface area contributed by atoms with Gasteiger partial charge in [0.25, 0.3) is 17.7 Å². The number of anilines is 1. The van der Waals surface area contributed by atoms with Gasteiger partial charge in [-0.05, 0) is 66.8 Å². The minimum Gasteiger partial charge on any atom is -0.322 e. The van der Waals surface area contributed by atoms with Gasteiger partial charge in [0, 0.05) is 22.7 Å². The van der Waals surface area contributed by atoms with E-state index in [2.05, 4.69) is 5.32 Å². The molecule has 0 bridgehead atoms. The van der Waals surface area contributed by atoms with Crippen molar-refractivity contribution in [2.75, 3.05) is 17.6 Å². The van der Waals surface area contributed by atoms with Gasteiger partial charge in [0.05, 0.1) is 11.1 Å². The fourth-order valence-electron chi connectivity index (χ4n) is 3.32. The zero-order chi connectivity index (χ0) is 21.8. The summed E-state index contributed by atoms with van der Waals surface area (Å²) in [7, 11) is 0. The zero-order valence-electron chi connectivity index (χ0n) is 16.5. The number of hydrogen-bond donors (Lipinski definition) is 1. The van der Waals surface area contributed by atoms with E-state index in [1.807, 2.05) is 18.2 Å². The Bertz CT molecular complexity index is 1110. The topological polar surface area (TPSA) is 66.5 Å². The molecule has 1 heterocycles. The highest BCUT2D eigenvalue weighted by Crippen LogP contribution is 2.25. The second kappa shape index (κ2) is 9.14. The van der Waals surface area contributed by atoms with Crippen LogP contribution in [-0.2, 0) is 0 Å². The molecule has 3 aromatic rings. The molecule has 0 fully saturated rings. The first-order valence-electron chi connectivity index (χ1n) is 9.78. The highest BCUT2D eigenvalue weighted by Gasteiger charge is 2.34. The number of imide groups is 1. The van der Waals surface area contributed by atoms with Crippen LogP contribution in [0.15, 0.2) is 77.7 Å². The summed E-state index contributed by atoms with van der Waals surface area (Å²) in [6, 6.07) is 19.6. The standard InChI is InChI=1S/C24H19FN2O3S/c25-17-11-9-16(10-12-17)22(28)26-18-5-3-6-19(15-18)31-14-4-13-27-23(29)20-7-1-2-8-21(20)24(27)30/h1-3,5-12,15H,4,13-14H2,(H,26,28). The number of nitrogens with zero attached hydrogens (tertiary/aromatic N) is 1. The van der Waals surface area contributed by atoms with Gasteiger partial charge in [-0.25, -0.2) is 4.39 Å². The van der Waals surface area contributed by atoms with Gasteiger partial charge in [0.2, 0.25) is 0 Å². The molecule has 3 amide bonds. The first kappa shape index (κ1) is 20.8. The third kappa shape index (κ3) is 4.67. The van der Waals surface area contributed by atoms with E-state index < -0.39 is 5.82 Å². The van der Waals surface area contributed by atoms with Crippen LogP contribution in [0.3, 0.4) is 0 Å². The van der Waals surface area contributed by atoms with Crippen LogP contribution in [0.5, 0.6) is 0 Å². The Balaban J connectivity index is 1.29. The van der Waals surface area contributed by atoms with E-state index >= 15 is 0 Å². The first-order chi connectivity index (χ1) is 15.0. The minimum absolute atomic E-state index is 0.240. The molecule has 0 unspecified atom stereocenters. The lowest BCUT2D eigenvalue weighted by Crippen LogP contribution is -2.30. The molecule has 0 saturated carbocycles. The molecule has 1 aliphatic rings. The van der Waals surface area contributed by atoms with Crippen LogP contribution in [-0.4, -0.2) is 34.9 Å². The molecule has 1 aliphatic heterocycles. The highest BCUT2D eigenvalue weighted by atomic mass is 32.2. The van der Waals surface area contributed by atoms with Crippen molar-refractivity contribution in [3.05, 3.63) is 95.3 Å². The maximum absolute atomic E-state index is 13.0. The molecule has 4 rings (SSSR count). The molecule has 0 aliphatic carbocycles. The summed E-state index contributed by atoms with van der Waals surface area (Å²) in [6.45, 7) is 0.361. The SMILES string of the molecule is O=C(Nc1cccc(SCCCN2C(=O)c3ccccc3C2=O)c1)c1ccc(F)cc1.